The number of halogens is 1. The Labute approximate surface area is 167 Å². The Balaban J connectivity index is 1.70. The number of carbonyl (C=O) groups is 1. The van der Waals surface area contributed by atoms with E-state index in [1.54, 1.807) is 12.1 Å². The third-order valence-corrected chi connectivity index (χ3v) is 4.42. The summed E-state index contributed by atoms with van der Waals surface area (Å²) >= 11 is 6.08. The van der Waals surface area contributed by atoms with Gasteiger partial charge >= 0.3 is 0 Å². The van der Waals surface area contributed by atoms with Crippen molar-refractivity contribution in [3.8, 4) is 17.0 Å². The van der Waals surface area contributed by atoms with Gasteiger partial charge in [0.2, 0.25) is 5.91 Å². The molecule has 3 rings (SSSR count). The molecule has 2 aromatic carbocycles. The highest BCUT2D eigenvalue weighted by molar-refractivity contribution is 6.31. The molecule has 0 atom stereocenters. The summed E-state index contributed by atoms with van der Waals surface area (Å²) in [6.07, 6.45) is 0. The van der Waals surface area contributed by atoms with Gasteiger partial charge in [0, 0.05) is 23.2 Å². The standard InChI is InChI=1S/C21H20ClN3O3/c1-2-28-17-9-7-15(8-10-17)19-11-12-21(27)25(24-19)14-20(26)23-13-16-5-3-4-6-18(16)22/h3-12H,2,13-14H2,1H3,(H,23,26). The first-order valence-electron chi connectivity index (χ1n) is 8.88. The van der Waals surface area contributed by atoms with Crippen LogP contribution in [0.15, 0.2) is 65.5 Å². The number of ether oxygens (including phenoxy) is 1. The Morgan fingerprint density at radius 2 is 1.86 bits per heavy atom. The molecule has 0 saturated heterocycles. The van der Waals surface area contributed by atoms with Crippen molar-refractivity contribution >= 4 is 17.5 Å². The third-order valence-electron chi connectivity index (χ3n) is 4.05. The zero-order valence-corrected chi connectivity index (χ0v) is 16.1. The highest BCUT2D eigenvalue weighted by Crippen LogP contribution is 2.20. The van der Waals surface area contributed by atoms with Crippen LogP contribution in [-0.2, 0) is 17.9 Å². The first kappa shape index (κ1) is 19.6. The first-order valence-corrected chi connectivity index (χ1v) is 9.26. The maximum absolute atomic E-state index is 12.2. The zero-order valence-electron chi connectivity index (χ0n) is 15.4. The fourth-order valence-corrected chi connectivity index (χ4v) is 2.83. The predicted octanol–water partition coefficient (Wildman–Crippen LogP) is 3.28. The number of nitrogens with one attached hydrogen (secondary N) is 1. The molecule has 0 saturated carbocycles. The van der Waals surface area contributed by atoms with Crippen LogP contribution in [0.2, 0.25) is 5.02 Å². The zero-order chi connectivity index (χ0) is 19.9. The minimum atomic E-state index is -0.345. The van der Waals surface area contributed by atoms with Gasteiger partial charge in [-0.1, -0.05) is 29.8 Å². The summed E-state index contributed by atoms with van der Waals surface area (Å²) in [5.41, 5.74) is 1.89. The van der Waals surface area contributed by atoms with E-state index < -0.39 is 0 Å². The fourth-order valence-electron chi connectivity index (χ4n) is 2.63. The van der Waals surface area contributed by atoms with Crippen LogP contribution in [0.1, 0.15) is 12.5 Å². The number of benzene rings is 2. The number of hydrogen-bond donors (Lipinski definition) is 1. The van der Waals surface area contributed by atoms with E-state index >= 15 is 0 Å². The van der Waals surface area contributed by atoms with E-state index in [9.17, 15) is 9.59 Å². The summed E-state index contributed by atoms with van der Waals surface area (Å²) in [5.74, 6) is 0.442. The van der Waals surface area contributed by atoms with Gasteiger partial charge in [-0.15, -0.1) is 0 Å². The number of carbonyl (C=O) groups excluding carboxylic acids is 1. The molecule has 144 valence electrons. The molecule has 28 heavy (non-hydrogen) atoms. The van der Waals surface area contributed by atoms with E-state index in [1.165, 1.54) is 6.07 Å². The van der Waals surface area contributed by atoms with Crippen molar-refractivity contribution in [1.82, 2.24) is 15.1 Å². The van der Waals surface area contributed by atoms with Crippen LogP contribution in [0.4, 0.5) is 0 Å². The van der Waals surface area contributed by atoms with Crippen molar-refractivity contribution in [1.29, 1.82) is 0 Å². The molecule has 0 aliphatic carbocycles. The highest BCUT2D eigenvalue weighted by Gasteiger charge is 2.09. The van der Waals surface area contributed by atoms with E-state index in [0.29, 0.717) is 17.3 Å². The van der Waals surface area contributed by atoms with Crippen LogP contribution in [-0.4, -0.2) is 22.3 Å². The molecular weight excluding hydrogens is 378 g/mol. The lowest BCUT2D eigenvalue weighted by Gasteiger charge is -2.09. The molecule has 7 heteroatoms. The second-order valence-electron chi connectivity index (χ2n) is 6.04. The quantitative estimate of drug-likeness (QED) is 0.664. The Bertz CT molecular complexity index is 1020. The van der Waals surface area contributed by atoms with Crippen molar-refractivity contribution < 1.29 is 9.53 Å². The van der Waals surface area contributed by atoms with Crippen LogP contribution >= 0.6 is 11.6 Å². The van der Waals surface area contributed by atoms with Crippen LogP contribution in [0.5, 0.6) is 5.75 Å². The lowest BCUT2D eigenvalue weighted by atomic mass is 10.1. The Kier molecular flexibility index (Phi) is 6.45. The van der Waals surface area contributed by atoms with E-state index in [2.05, 4.69) is 10.4 Å². The van der Waals surface area contributed by atoms with E-state index in [-0.39, 0.29) is 24.6 Å². The lowest BCUT2D eigenvalue weighted by molar-refractivity contribution is -0.122. The summed E-state index contributed by atoms with van der Waals surface area (Å²) in [6, 6.07) is 17.7. The number of amides is 1. The van der Waals surface area contributed by atoms with Gasteiger partial charge in [0.25, 0.3) is 5.56 Å². The Morgan fingerprint density at radius 3 is 2.57 bits per heavy atom. The molecule has 0 aliphatic rings. The summed E-state index contributed by atoms with van der Waals surface area (Å²) in [7, 11) is 0. The van der Waals surface area contributed by atoms with Crippen molar-refractivity contribution in [2.24, 2.45) is 0 Å². The van der Waals surface area contributed by atoms with Gasteiger partial charge < -0.3 is 10.1 Å². The molecule has 0 spiro atoms. The largest absolute Gasteiger partial charge is 0.494 e. The molecule has 6 nitrogen and oxygen atoms in total. The monoisotopic (exact) mass is 397 g/mol. The third kappa shape index (κ3) is 4.98. The molecule has 3 aromatic rings. The van der Waals surface area contributed by atoms with Gasteiger partial charge in [-0.05, 0) is 48.9 Å². The van der Waals surface area contributed by atoms with Crippen LogP contribution in [0, 0.1) is 0 Å². The molecule has 1 aromatic heterocycles. The van der Waals surface area contributed by atoms with Crippen molar-refractivity contribution in [2.75, 3.05) is 6.61 Å². The first-order chi connectivity index (χ1) is 13.6. The van der Waals surface area contributed by atoms with Gasteiger partial charge in [0.1, 0.15) is 12.3 Å². The smallest absolute Gasteiger partial charge is 0.267 e. The molecule has 0 radical (unpaired) electrons. The van der Waals surface area contributed by atoms with Crippen molar-refractivity contribution in [2.45, 2.75) is 20.0 Å². The van der Waals surface area contributed by atoms with Crippen LogP contribution in [0.3, 0.4) is 0 Å². The molecule has 1 heterocycles. The average Bonchev–Trinajstić information content (AvgIpc) is 2.70. The lowest BCUT2D eigenvalue weighted by Crippen LogP contribution is -2.33. The topological polar surface area (TPSA) is 73.2 Å². The van der Waals surface area contributed by atoms with E-state index in [4.69, 9.17) is 16.3 Å². The SMILES string of the molecule is CCOc1ccc(-c2ccc(=O)n(CC(=O)NCc3ccccc3Cl)n2)cc1. The average molecular weight is 398 g/mol. The Hall–Kier alpha value is -3.12. The molecule has 1 N–H and O–H groups in total. The molecule has 1 amide bonds. The van der Waals surface area contributed by atoms with Crippen LogP contribution in [0.25, 0.3) is 11.3 Å². The van der Waals surface area contributed by atoms with Crippen molar-refractivity contribution in [3.05, 3.63) is 81.6 Å². The maximum atomic E-state index is 12.2. The second-order valence-corrected chi connectivity index (χ2v) is 6.45. The Morgan fingerprint density at radius 1 is 1.11 bits per heavy atom. The highest BCUT2D eigenvalue weighted by atomic mass is 35.5. The minimum Gasteiger partial charge on any atom is -0.494 e. The van der Waals surface area contributed by atoms with Gasteiger partial charge in [-0.2, -0.15) is 5.10 Å². The van der Waals surface area contributed by atoms with Gasteiger partial charge in [0.05, 0.1) is 12.3 Å². The van der Waals surface area contributed by atoms with E-state index in [1.807, 2.05) is 49.4 Å². The molecule has 0 unspecified atom stereocenters. The number of nitrogens with zero attached hydrogens (tertiary/aromatic N) is 2. The number of rotatable bonds is 7. The van der Waals surface area contributed by atoms with Gasteiger partial charge in [-0.25, -0.2) is 4.68 Å². The van der Waals surface area contributed by atoms with Crippen molar-refractivity contribution in [3.63, 3.8) is 0 Å². The molecular formula is C21H20ClN3O3. The van der Waals surface area contributed by atoms with E-state index in [0.717, 1.165) is 21.6 Å². The normalized spacial score (nSPS) is 10.5. The number of hydrogen-bond acceptors (Lipinski definition) is 4. The van der Waals surface area contributed by atoms with Gasteiger partial charge in [-0.3, -0.25) is 9.59 Å². The van der Waals surface area contributed by atoms with Crippen LogP contribution < -0.4 is 15.6 Å². The summed E-state index contributed by atoms with van der Waals surface area (Å²) in [4.78, 5) is 24.3. The molecule has 0 aliphatic heterocycles. The summed E-state index contributed by atoms with van der Waals surface area (Å²) < 4.78 is 6.57. The summed E-state index contributed by atoms with van der Waals surface area (Å²) in [6.45, 7) is 2.62. The summed E-state index contributed by atoms with van der Waals surface area (Å²) in [5, 5.41) is 7.64. The molecule has 0 fully saturated rings. The van der Waals surface area contributed by atoms with Gasteiger partial charge in [0.15, 0.2) is 0 Å². The second kappa shape index (κ2) is 9.19. The predicted molar refractivity (Wildman–Crippen MR) is 108 cm³/mol. The molecule has 0 bridgehead atoms. The maximum Gasteiger partial charge on any atom is 0.267 e. The fraction of sp³-hybridized carbons (Fsp3) is 0.190. The number of aromatic nitrogens is 2. The minimum absolute atomic E-state index is 0.172.